The van der Waals surface area contributed by atoms with E-state index in [9.17, 15) is 4.79 Å². The number of hydrogen-bond donors (Lipinski definition) is 2. The lowest BCUT2D eigenvalue weighted by Gasteiger charge is -2.11. The van der Waals surface area contributed by atoms with Crippen molar-refractivity contribution in [1.82, 2.24) is 5.32 Å². The zero-order valence-electron chi connectivity index (χ0n) is 10.6. The highest BCUT2D eigenvalue weighted by Crippen LogP contribution is 2.17. The first-order valence-corrected chi connectivity index (χ1v) is 6.30. The van der Waals surface area contributed by atoms with Gasteiger partial charge in [-0.05, 0) is 36.6 Å². The zero-order valence-corrected chi connectivity index (χ0v) is 11.4. The summed E-state index contributed by atoms with van der Waals surface area (Å²) in [4.78, 5) is 11.6. The van der Waals surface area contributed by atoms with Gasteiger partial charge in [0.1, 0.15) is 0 Å². The van der Waals surface area contributed by atoms with Crippen LogP contribution in [0, 0.1) is 6.92 Å². The van der Waals surface area contributed by atoms with Gasteiger partial charge in [-0.15, -0.1) is 0 Å². The van der Waals surface area contributed by atoms with E-state index in [0.29, 0.717) is 11.4 Å². The molecule has 1 aromatic rings. The summed E-state index contributed by atoms with van der Waals surface area (Å²) in [6, 6.07) is 5.42. The molecule has 1 amide bonds. The largest absolute Gasteiger partial charge is 0.394 e. The van der Waals surface area contributed by atoms with Gasteiger partial charge in [-0.3, -0.25) is 4.79 Å². The number of aliphatic hydroxyl groups excluding tert-OH is 1. The van der Waals surface area contributed by atoms with Crippen LogP contribution >= 0.6 is 11.6 Å². The normalized spacial score (nSPS) is 12.7. The summed E-state index contributed by atoms with van der Waals surface area (Å²) in [5.74, 6) is -0.215. The Hall–Kier alpha value is -1.32. The molecular formula is C14H18ClNO2. The third kappa shape index (κ3) is 4.51. The molecule has 4 heteroatoms. The van der Waals surface area contributed by atoms with Crippen LogP contribution in [-0.4, -0.2) is 23.7 Å². The maximum absolute atomic E-state index is 11.6. The fraction of sp³-hybridized carbons (Fsp3) is 0.357. The predicted molar refractivity (Wildman–Crippen MR) is 74.5 cm³/mol. The van der Waals surface area contributed by atoms with Gasteiger partial charge in [0.05, 0.1) is 12.6 Å². The Labute approximate surface area is 112 Å². The molecule has 0 heterocycles. The highest BCUT2D eigenvalue weighted by molar-refractivity contribution is 6.31. The van der Waals surface area contributed by atoms with Gasteiger partial charge in [0.2, 0.25) is 5.91 Å². The molecule has 0 aliphatic carbocycles. The fourth-order valence-electron chi connectivity index (χ4n) is 1.41. The van der Waals surface area contributed by atoms with E-state index in [1.165, 1.54) is 6.08 Å². The average Bonchev–Trinajstić information content (AvgIpc) is 2.37. The molecule has 1 rings (SSSR count). The van der Waals surface area contributed by atoms with Crippen molar-refractivity contribution >= 4 is 23.6 Å². The number of benzene rings is 1. The van der Waals surface area contributed by atoms with Crippen LogP contribution in [-0.2, 0) is 4.79 Å². The van der Waals surface area contributed by atoms with Crippen LogP contribution in [0.4, 0.5) is 0 Å². The summed E-state index contributed by atoms with van der Waals surface area (Å²) in [6.07, 6.45) is 3.84. The van der Waals surface area contributed by atoms with Gasteiger partial charge in [-0.2, -0.15) is 0 Å². The molecular weight excluding hydrogens is 250 g/mol. The molecule has 0 radical (unpaired) electrons. The Balaban J connectivity index is 2.63. The Morgan fingerprint density at radius 2 is 2.28 bits per heavy atom. The molecule has 2 N–H and O–H groups in total. The first kappa shape index (κ1) is 14.7. The molecule has 0 unspecified atom stereocenters. The number of aryl methyl sites for hydroxylation is 1. The molecule has 0 saturated carbocycles. The Kier molecular flexibility index (Phi) is 5.89. The predicted octanol–water partition coefficient (Wildman–Crippen LogP) is 2.55. The number of rotatable bonds is 5. The number of halogens is 1. The minimum Gasteiger partial charge on any atom is -0.394 e. The van der Waals surface area contributed by atoms with E-state index in [-0.39, 0.29) is 18.6 Å². The SMILES string of the molecule is CC[C@H](CO)NC(=O)/C=C/c1ccc(C)c(Cl)c1. The van der Waals surface area contributed by atoms with Crippen LogP contribution in [0.2, 0.25) is 5.02 Å². The first-order valence-electron chi connectivity index (χ1n) is 5.92. The van der Waals surface area contributed by atoms with E-state index in [4.69, 9.17) is 16.7 Å². The Bertz CT molecular complexity index is 439. The topological polar surface area (TPSA) is 49.3 Å². The lowest BCUT2D eigenvalue weighted by molar-refractivity contribution is -0.117. The summed E-state index contributed by atoms with van der Waals surface area (Å²) in [5.41, 5.74) is 1.88. The summed E-state index contributed by atoms with van der Waals surface area (Å²) in [7, 11) is 0. The van der Waals surface area contributed by atoms with Gasteiger partial charge in [0, 0.05) is 11.1 Å². The van der Waals surface area contributed by atoms with Gasteiger partial charge < -0.3 is 10.4 Å². The summed E-state index contributed by atoms with van der Waals surface area (Å²) >= 11 is 5.99. The maximum Gasteiger partial charge on any atom is 0.244 e. The van der Waals surface area contributed by atoms with Crippen molar-refractivity contribution in [2.75, 3.05) is 6.61 Å². The van der Waals surface area contributed by atoms with Crippen molar-refractivity contribution in [2.24, 2.45) is 0 Å². The van der Waals surface area contributed by atoms with Gasteiger partial charge in [0.15, 0.2) is 0 Å². The highest BCUT2D eigenvalue weighted by Gasteiger charge is 2.05. The molecule has 3 nitrogen and oxygen atoms in total. The lowest BCUT2D eigenvalue weighted by atomic mass is 10.1. The van der Waals surface area contributed by atoms with E-state index in [1.807, 2.05) is 32.0 Å². The summed E-state index contributed by atoms with van der Waals surface area (Å²) in [5, 5.41) is 12.4. The van der Waals surface area contributed by atoms with Crippen LogP contribution in [0.5, 0.6) is 0 Å². The van der Waals surface area contributed by atoms with Crippen molar-refractivity contribution in [1.29, 1.82) is 0 Å². The lowest BCUT2D eigenvalue weighted by Crippen LogP contribution is -2.35. The van der Waals surface area contributed by atoms with Crippen LogP contribution in [0.25, 0.3) is 6.08 Å². The molecule has 1 aromatic carbocycles. The third-order valence-electron chi connectivity index (χ3n) is 2.68. The maximum atomic E-state index is 11.6. The smallest absolute Gasteiger partial charge is 0.244 e. The second kappa shape index (κ2) is 7.19. The fourth-order valence-corrected chi connectivity index (χ4v) is 1.60. The van der Waals surface area contributed by atoms with Gasteiger partial charge in [-0.25, -0.2) is 0 Å². The quantitative estimate of drug-likeness (QED) is 0.806. The van der Waals surface area contributed by atoms with Gasteiger partial charge in [-0.1, -0.05) is 30.7 Å². The second-order valence-corrected chi connectivity index (χ2v) is 4.55. The molecule has 1 atom stereocenters. The van der Waals surface area contributed by atoms with Crippen LogP contribution in [0.15, 0.2) is 24.3 Å². The number of carbonyl (C=O) groups excluding carboxylic acids is 1. The minimum atomic E-state index is -0.215. The first-order chi connectivity index (χ1) is 8.56. The molecule has 0 spiro atoms. The van der Waals surface area contributed by atoms with Gasteiger partial charge in [0.25, 0.3) is 0 Å². The highest BCUT2D eigenvalue weighted by atomic mass is 35.5. The number of amides is 1. The molecule has 0 saturated heterocycles. The number of carbonyl (C=O) groups is 1. The van der Waals surface area contributed by atoms with Crippen LogP contribution in [0.1, 0.15) is 24.5 Å². The summed E-state index contributed by atoms with van der Waals surface area (Å²) in [6.45, 7) is 3.78. The van der Waals surface area contributed by atoms with Crippen molar-refractivity contribution in [3.63, 3.8) is 0 Å². The standard InChI is InChI=1S/C14H18ClNO2/c1-3-12(9-17)16-14(18)7-6-11-5-4-10(2)13(15)8-11/h4-8,12,17H,3,9H2,1-2H3,(H,16,18)/b7-6+/t12-/m1/s1. The van der Waals surface area contributed by atoms with Crippen LogP contribution in [0.3, 0.4) is 0 Å². The number of aliphatic hydroxyl groups is 1. The molecule has 0 aliphatic heterocycles. The van der Waals surface area contributed by atoms with E-state index in [2.05, 4.69) is 5.32 Å². The van der Waals surface area contributed by atoms with E-state index in [1.54, 1.807) is 6.08 Å². The van der Waals surface area contributed by atoms with E-state index >= 15 is 0 Å². The zero-order chi connectivity index (χ0) is 13.5. The minimum absolute atomic E-state index is 0.0492. The molecule has 18 heavy (non-hydrogen) atoms. The Morgan fingerprint density at radius 3 is 2.83 bits per heavy atom. The van der Waals surface area contributed by atoms with E-state index in [0.717, 1.165) is 11.1 Å². The molecule has 0 aliphatic rings. The van der Waals surface area contributed by atoms with Crippen LogP contribution < -0.4 is 5.32 Å². The molecule has 0 bridgehead atoms. The molecule has 98 valence electrons. The molecule has 0 aromatic heterocycles. The number of nitrogens with one attached hydrogen (secondary N) is 1. The summed E-state index contributed by atoms with van der Waals surface area (Å²) < 4.78 is 0. The van der Waals surface area contributed by atoms with Crippen molar-refractivity contribution < 1.29 is 9.90 Å². The monoisotopic (exact) mass is 267 g/mol. The molecule has 0 fully saturated rings. The number of hydrogen-bond acceptors (Lipinski definition) is 2. The van der Waals surface area contributed by atoms with Crippen molar-refractivity contribution in [3.05, 3.63) is 40.4 Å². The second-order valence-electron chi connectivity index (χ2n) is 4.14. The van der Waals surface area contributed by atoms with Crippen molar-refractivity contribution in [2.45, 2.75) is 26.3 Å². The third-order valence-corrected chi connectivity index (χ3v) is 3.09. The van der Waals surface area contributed by atoms with Crippen molar-refractivity contribution in [3.8, 4) is 0 Å². The van der Waals surface area contributed by atoms with Gasteiger partial charge >= 0.3 is 0 Å². The van der Waals surface area contributed by atoms with E-state index < -0.39 is 0 Å². The Morgan fingerprint density at radius 1 is 1.56 bits per heavy atom. The average molecular weight is 268 g/mol.